The third-order valence-electron chi connectivity index (χ3n) is 2.64. The molecule has 1 aromatic rings. The first-order chi connectivity index (χ1) is 8.31. The fourth-order valence-electron chi connectivity index (χ4n) is 1.86. The molecule has 1 aliphatic heterocycles. The Hall–Kier alpha value is -0.870. The van der Waals surface area contributed by atoms with E-state index in [1.165, 1.54) is 10.5 Å². The fourth-order valence-corrected chi connectivity index (χ4v) is 3.08. The van der Waals surface area contributed by atoms with Gasteiger partial charge in [0.15, 0.2) is 0 Å². The summed E-state index contributed by atoms with van der Waals surface area (Å²) < 4.78 is 0. The standard InChI is InChI=1S/C12H15ClN2OS/c13-6-7-14-12(16)15-10-5-8-17-11-4-2-1-3-9(10)11/h1-4,10H,5-8H2,(H2,14,15,16). The summed E-state index contributed by atoms with van der Waals surface area (Å²) in [6, 6.07) is 8.19. The van der Waals surface area contributed by atoms with Crippen molar-refractivity contribution in [3.8, 4) is 0 Å². The smallest absolute Gasteiger partial charge is 0.315 e. The lowest BCUT2D eigenvalue weighted by Gasteiger charge is -2.25. The number of carbonyl (C=O) groups is 1. The zero-order chi connectivity index (χ0) is 12.1. The molecule has 0 spiro atoms. The maximum Gasteiger partial charge on any atom is 0.315 e. The quantitative estimate of drug-likeness (QED) is 0.830. The van der Waals surface area contributed by atoms with Gasteiger partial charge in [-0.3, -0.25) is 0 Å². The number of thioether (sulfide) groups is 1. The van der Waals surface area contributed by atoms with Crippen LogP contribution in [0.1, 0.15) is 18.0 Å². The van der Waals surface area contributed by atoms with E-state index in [9.17, 15) is 4.79 Å². The minimum absolute atomic E-state index is 0.114. The number of hydrogen-bond acceptors (Lipinski definition) is 2. The lowest BCUT2D eigenvalue weighted by molar-refractivity contribution is 0.237. The molecule has 3 nitrogen and oxygen atoms in total. The summed E-state index contributed by atoms with van der Waals surface area (Å²) in [5, 5.41) is 5.71. The molecule has 2 N–H and O–H groups in total. The zero-order valence-corrected chi connectivity index (χ0v) is 11.0. The molecular weight excluding hydrogens is 256 g/mol. The highest BCUT2D eigenvalue weighted by atomic mass is 35.5. The predicted molar refractivity (Wildman–Crippen MR) is 71.8 cm³/mol. The molecule has 1 heterocycles. The molecule has 1 unspecified atom stereocenters. The van der Waals surface area contributed by atoms with Crippen LogP contribution in [0.2, 0.25) is 0 Å². The highest BCUT2D eigenvalue weighted by Crippen LogP contribution is 2.35. The van der Waals surface area contributed by atoms with E-state index in [4.69, 9.17) is 11.6 Å². The Morgan fingerprint density at radius 3 is 3.12 bits per heavy atom. The predicted octanol–water partition coefficient (Wildman–Crippen LogP) is 2.76. The average Bonchev–Trinajstić information content (AvgIpc) is 2.37. The molecule has 1 aromatic carbocycles. The Morgan fingerprint density at radius 2 is 2.29 bits per heavy atom. The summed E-state index contributed by atoms with van der Waals surface area (Å²) in [6.45, 7) is 0.497. The SMILES string of the molecule is O=C(NCCCl)NC1CCSc2ccccc21. The van der Waals surface area contributed by atoms with Crippen LogP contribution in [0.4, 0.5) is 4.79 Å². The summed E-state index contributed by atoms with van der Waals surface area (Å²) in [7, 11) is 0. The van der Waals surface area contributed by atoms with Gasteiger partial charge in [-0.05, 0) is 18.1 Å². The number of carbonyl (C=O) groups excluding carboxylic acids is 1. The molecule has 0 bridgehead atoms. The van der Waals surface area contributed by atoms with Gasteiger partial charge in [0.2, 0.25) is 0 Å². The normalized spacial score (nSPS) is 18.3. The van der Waals surface area contributed by atoms with Crippen LogP contribution in [0.3, 0.4) is 0 Å². The van der Waals surface area contributed by atoms with Gasteiger partial charge < -0.3 is 10.6 Å². The molecule has 2 rings (SSSR count). The summed E-state index contributed by atoms with van der Waals surface area (Å²) in [6.07, 6.45) is 0.968. The van der Waals surface area contributed by atoms with Crippen molar-refractivity contribution in [3.05, 3.63) is 29.8 Å². The largest absolute Gasteiger partial charge is 0.337 e. The van der Waals surface area contributed by atoms with Crippen molar-refractivity contribution in [1.82, 2.24) is 10.6 Å². The van der Waals surface area contributed by atoms with Crippen LogP contribution in [-0.2, 0) is 0 Å². The first-order valence-corrected chi connectivity index (χ1v) is 7.15. The van der Waals surface area contributed by atoms with Crippen LogP contribution in [0.25, 0.3) is 0 Å². The number of hydrogen-bond donors (Lipinski definition) is 2. The number of amides is 2. The van der Waals surface area contributed by atoms with E-state index in [-0.39, 0.29) is 12.1 Å². The van der Waals surface area contributed by atoms with Gasteiger partial charge in [0.05, 0.1) is 6.04 Å². The van der Waals surface area contributed by atoms with Crippen LogP contribution < -0.4 is 10.6 Å². The van der Waals surface area contributed by atoms with Gasteiger partial charge in [0, 0.05) is 23.1 Å². The van der Waals surface area contributed by atoms with Crippen molar-refractivity contribution in [2.75, 3.05) is 18.2 Å². The van der Waals surface area contributed by atoms with Crippen LogP contribution in [0.5, 0.6) is 0 Å². The second kappa shape index (κ2) is 6.17. The van der Waals surface area contributed by atoms with E-state index < -0.39 is 0 Å². The molecule has 5 heteroatoms. The minimum atomic E-state index is -0.141. The Kier molecular flexibility index (Phi) is 4.57. The minimum Gasteiger partial charge on any atom is -0.337 e. The summed E-state index contributed by atoms with van der Waals surface area (Å²) in [4.78, 5) is 12.9. The molecule has 0 radical (unpaired) electrons. The third-order valence-corrected chi connectivity index (χ3v) is 3.96. The van der Waals surface area contributed by atoms with Gasteiger partial charge in [0.25, 0.3) is 0 Å². The van der Waals surface area contributed by atoms with Crippen LogP contribution in [0, 0.1) is 0 Å². The van der Waals surface area contributed by atoms with Crippen molar-refractivity contribution in [2.45, 2.75) is 17.4 Å². The summed E-state index contributed by atoms with van der Waals surface area (Å²) in [5.74, 6) is 1.47. The molecule has 0 saturated carbocycles. The molecule has 17 heavy (non-hydrogen) atoms. The molecular formula is C12H15ClN2OS. The number of urea groups is 1. The van der Waals surface area contributed by atoms with Gasteiger partial charge >= 0.3 is 6.03 Å². The summed E-state index contributed by atoms with van der Waals surface area (Å²) >= 11 is 7.37. The van der Waals surface area contributed by atoms with Crippen molar-refractivity contribution in [1.29, 1.82) is 0 Å². The Bertz CT molecular complexity index is 400. The monoisotopic (exact) mass is 270 g/mol. The number of nitrogens with one attached hydrogen (secondary N) is 2. The summed E-state index contributed by atoms with van der Waals surface area (Å²) in [5.41, 5.74) is 1.21. The molecule has 0 fully saturated rings. The van der Waals surface area contributed by atoms with E-state index >= 15 is 0 Å². The molecule has 1 aliphatic rings. The third kappa shape index (κ3) is 3.30. The van der Waals surface area contributed by atoms with Crippen LogP contribution in [0.15, 0.2) is 29.2 Å². The number of rotatable bonds is 3. The molecule has 2 amide bonds. The van der Waals surface area contributed by atoms with Gasteiger partial charge in [-0.2, -0.15) is 0 Å². The Labute approximate surface area is 110 Å². The maximum absolute atomic E-state index is 11.6. The van der Waals surface area contributed by atoms with Gasteiger partial charge in [-0.15, -0.1) is 23.4 Å². The number of halogens is 1. The van der Waals surface area contributed by atoms with E-state index in [1.807, 2.05) is 23.9 Å². The number of alkyl halides is 1. The van der Waals surface area contributed by atoms with Crippen molar-refractivity contribution in [2.24, 2.45) is 0 Å². The van der Waals surface area contributed by atoms with Gasteiger partial charge in [0.1, 0.15) is 0 Å². The topological polar surface area (TPSA) is 41.1 Å². The maximum atomic E-state index is 11.6. The molecule has 0 aliphatic carbocycles. The lowest BCUT2D eigenvalue weighted by atomic mass is 10.0. The average molecular weight is 271 g/mol. The second-order valence-electron chi connectivity index (χ2n) is 3.82. The molecule has 1 atom stereocenters. The van der Waals surface area contributed by atoms with Crippen LogP contribution in [-0.4, -0.2) is 24.2 Å². The van der Waals surface area contributed by atoms with Crippen LogP contribution >= 0.6 is 23.4 Å². The van der Waals surface area contributed by atoms with Crippen molar-refractivity contribution in [3.63, 3.8) is 0 Å². The fraction of sp³-hybridized carbons (Fsp3) is 0.417. The number of benzene rings is 1. The van der Waals surface area contributed by atoms with Crippen molar-refractivity contribution >= 4 is 29.4 Å². The van der Waals surface area contributed by atoms with E-state index in [0.717, 1.165) is 12.2 Å². The van der Waals surface area contributed by atoms with Crippen molar-refractivity contribution < 1.29 is 4.79 Å². The zero-order valence-electron chi connectivity index (χ0n) is 9.41. The first kappa shape index (κ1) is 12.6. The van der Waals surface area contributed by atoms with E-state index in [0.29, 0.717) is 12.4 Å². The van der Waals surface area contributed by atoms with E-state index in [2.05, 4.69) is 22.8 Å². The highest BCUT2D eigenvalue weighted by molar-refractivity contribution is 7.99. The molecule has 0 saturated heterocycles. The first-order valence-electron chi connectivity index (χ1n) is 5.63. The van der Waals surface area contributed by atoms with E-state index in [1.54, 1.807) is 0 Å². The Balaban J connectivity index is 2.01. The molecule has 92 valence electrons. The Morgan fingerprint density at radius 1 is 1.47 bits per heavy atom. The van der Waals surface area contributed by atoms with Gasteiger partial charge in [-0.25, -0.2) is 4.79 Å². The molecule has 0 aromatic heterocycles. The number of fused-ring (bicyclic) bond motifs is 1. The lowest BCUT2D eigenvalue weighted by Crippen LogP contribution is -2.39. The highest BCUT2D eigenvalue weighted by Gasteiger charge is 2.21. The van der Waals surface area contributed by atoms with Gasteiger partial charge in [-0.1, -0.05) is 18.2 Å². The second-order valence-corrected chi connectivity index (χ2v) is 5.33.